The number of carbonyl (C=O) groups excluding carboxylic acids is 1. The normalized spacial score (nSPS) is 25.6. The summed E-state index contributed by atoms with van der Waals surface area (Å²) in [6.07, 6.45) is 4.00. The van der Waals surface area contributed by atoms with E-state index >= 15 is 0 Å². The van der Waals surface area contributed by atoms with Gasteiger partial charge in [0.05, 0.1) is 12.1 Å². The Morgan fingerprint density at radius 3 is 2.53 bits per heavy atom. The molecule has 1 fully saturated rings. The topological polar surface area (TPSA) is 61.4 Å². The first kappa shape index (κ1) is 14.5. The van der Waals surface area contributed by atoms with Crippen LogP contribution in [0.4, 0.5) is 0 Å². The number of aliphatic hydroxyl groups is 1. The van der Waals surface area contributed by atoms with E-state index in [4.69, 9.17) is 0 Å². The summed E-state index contributed by atoms with van der Waals surface area (Å²) in [6.45, 7) is 6.92. The predicted octanol–water partition coefficient (Wildman–Crippen LogP) is 1.18. The molecule has 4 heteroatoms. The molecule has 100 valence electrons. The number of hydrogen-bond acceptors (Lipinski definition) is 3. The molecule has 0 saturated heterocycles. The van der Waals surface area contributed by atoms with Crippen molar-refractivity contribution < 1.29 is 9.90 Å². The Hall–Kier alpha value is -0.610. The van der Waals surface area contributed by atoms with Crippen molar-refractivity contribution in [3.8, 4) is 0 Å². The van der Waals surface area contributed by atoms with Crippen LogP contribution < -0.4 is 10.6 Å². The molecular weight excluding hydrogens is 216 g/mol. The Morgan fingerprint density at radius 1 is 1.29 bits per heavy atom. The molecule has 0 aromatic heterocycles. The largest absolute Gasteiger partial charge is 0.391 e. The third-order valence-electron chi connectivity index (χ3n) is 3.08. The lowest BCUT2D eigenvalue weighted by molar-refractivity contribution is -0.123. The van der Waals surface area contributed by atoms with E-state index in [2.05, 4.69) is 31.4 Å². The summed E-state index contributed by atoms with van der Waals surface area (Å²) < 4.78 is 0. The average Bonchev–Trinajstić information content (AvgIpc) is 2.19. The zero-order valence-electron chi connectivity index (χ0n) is 11.3. The summed E-state index contributed by atoms with van der Waals surface area (Å²) in [7, 11) is 0. The second-order valence-corrected chi connectivity index (χ2v) is 5.95. The molecule has 1 aliphatic rings. The van der Waals surface area contributed by atoms with E-state index in [9.17, 15) is 9.90 Å². The molecule has 0 aromatic rings. The first-order chi connectivity index (χ1) is 7.88. The van der Waals surface area contributed by atoms with Gasteiger partial charge < -0.3 is 15.7 Å². The Kier molecular flexibility index (Phi) is 5.40. The quantitative estimate of drug-likeness (QED) is 0.694. The van der Waals surface area contributed by atoms with Crippen molar-refractivity contribution in [2.75, 3.05) is 6.54 Å². The van der Waals surface area contributed by atoms with Crippen molar-refractivity contribution >= 4 is 5.91 Å². The van der Waals surface area contributed by atoms with Crippen LogP contribution in [-0.2, 0) is 4.79 Å². The summed E-state index contributed by atoms with van der Waals surface area (Å²) in [5.41, 5.74) is 0.0463. The second kappa shape index (κ2) is 6.36. The van der Waals surface area contributed by atoms with E-state index in [0.717, 1.165) is 25.7 Å². The maximum atomic E-state index is 11.7. The zero-order valence-corrected chi connectivity index (χ0v) is 11.3. The summed E-state index contributed by atoms with van der Waals surface area (Å²) in [5.74, 6) is 0.0349. The van der Waals surface area contributed by atoms with Gasteiger partial charge in [0.25, 0.3) is 0 Å². The summed E-state index contributed by atoms with van der Waals surface area (Å²) >= 11 is 0. The van der Waals surface area contributed by atoms with Crippen LogP contribution in [0, 0.1) is 0 Å². The maximum absolute atomic E-state index is 11.7. The standard InChI is InChI=1S/C13H26N2O2/c1-13(2,3)14-9-8-12(17)15-10-6-4-5-7-11(10)16/h10-11,14,16H,4-9H2,1-3H3,(H,15,17)/t10-,11-/m1/s1. The van der Waals surface area contributed by atoms with E-state index in [0.29, 0.717) is 13.0 Å². The van der Waals surface area contributed by atoms with Gasteiger partial charge in [0.15, 0.2) is 0 Å². The first-order valence-electron chi connectivity index (χ1n) is 6.61. The van der Waals surface area contributed by atoms with E-state index in [1.54, 1.807) is 0 Å². The van der Waals surface area contributed by atoms with E-state index < -0.39 is 0 Å². The van der Waals surface area contributed by atoms with Crippen molar-refractivity contribution in [2.24, 2.45) is 0 Å². The number of hydrogen-bond donors (Lipinski definition) is 3. The lowest BCUT2D eigenvalue weighted by atomic mass is 9.92. The van der Waals surface area contributed by atoms with Gasteiger partial charge in [0.1, 0.15) is 0 Å². The zero-order chi connectivity index (χ0) is 12.9. The average molecular weight is 242 g/mol. The molecule has 2 atom stereocenters. The van der Waals surface area contributed by atoms with E-state index in [1.165, 1.54) is 0 Å². The monoisotopic (exact) mass is 242 g/mol. The molecule has 0 spiro atoms. The molecule has 0 aliphatic heterocycles. The van der Waals surface area contributed by atoms with Gasteiger partial charge in [-0.1, -0.05) is 12.8 Å². The Morgan fingerprint density at radius 2 is 1.94 bits per heavy atom. The maximum Gasteiger partial charge on any atom is 0.221 e. The van der Waals surface area contributed by atoms with E-state index in [-0.39, 0.29) is 23.6 Å². The SMILES string of the molecule is CC(C)(C)NCCC(=O)N[C@@H]1CCCC[C@H]1O. The molecule has 1 saturated carbocycles. The van der Waals surface area contributed by atoms with Crippen LogP contribution in [0.15, 0.2) is 0 Å². The molecule has 4 nitrogen and oxygen atoms in total. The number of rotatable bonds is 4. The van der Waals surface area contributed by atoms with Gasteiger partial charge in [-0.3, -0.25) is 4.79 Å². The van der Waals surface area contributed by atoms with Crippen LogP contribution in [0.5, 0.6) is 0 Å². The smallest absolute Gasteiger partial charge is 0.221 e. The van der Waals surface area contributed by atoms with Gasteiger partial charge in [-0.15, -0.1) is 0 Å². The fourth-order valence-corrected chi connectivity index (χ4v) is 2.11. The van der Waals surface area contributed by atoms with Crippen LogP contribution in [0.3, 0.4) is 0 Å². The van der Waals surface area contributed by atoms with Crippen LogP contribution in [-0.4, -0.2) is 35.2 Å². The van der Waals surface area contributed by atoms with Crippen LogP contribution >= 0.6 is 0 Å². The lowest BCUT2D eigenvalue weighted by Crippen LogP contribution is -2.46. The molecule has 1 aliphatic carbocycles. The summed E-state index contributed by atoms with van der Waals surface area (Å²) in [5, 5.41) is 15.9. The van der Waals surface area contributed by atoms with E-state index in [1.807, 2.05) is 0 Å². The third kappa shape index (κ3) is 6.03. The molecule has 0 radical (unpaired) electrons. The van der Waals surface area contributed by atoms with Crippen LogP contribution in [0.1, 0.15) is 52.9 Å². The Balaban J connectivity index is 2.20. The van der Waals surface area contributed by atoms with Gasteiger partial charge >= 0.3 is 0 Å². The van der Waals surface area contributed by atoms with Crippen LogP contribution in [0.25, 0.3) is 0 Å². The van der Waals surface area contributed by atoms with Crippen molar-refractivity contribution in [3.63, 3.8) is 0 Å². The Labute approximate surface area is 104 Å². The van der Waals surface area contributed by atoms with Crippen molar-refractivity contribution in [1.29, 1.82) is 0 Å². The molecule has 0 unspecified atom stereocenters. The molecule has 0 heterocycles. The lowest BCUT2D eigenvalue weighted by Gasteiger charge is -2.28. The van der Waals surface area contributed by atoms with Crippen molar-refractivity contribution in [1.82, 2.24) is 10.6 Å². The Bertz CT molecular complexity index is 248. The number of carbonyl (C=O) groups is 1. The minimum absolute atomic E-state index is 0.0349. The third-order valence-corrected chi connectivity index (χ3v) is 3.08. The molecule has 3 N–H and O–H groups in total. The second-order valence-electron chi connectivity index (χ2n) is 5.95. The minimum Gasteiger partial charge on any atom is -0.391 e. The number of amides is 1. The van der Waals surface area contributed by atoms with Crippen molar-refractivity contribution in [2.45, 2.75) is 70.6 Å². The van der Waals surface area contributed by atoms with Gasteiger partial charge in [0.2, 0.25) is 5.91 Å². The van der Waals surface area contributed by atoms with Gasteiger partial charge in [-0.05, 0) is 33.6 Å². The number of aliphatic hydroxyl groups excluding tert-OH is 1. The molecule has 17 heavy (non-hydrogen) atoms. The molecule has 0 bridgehead atoms. The highest BCUT2D eigenvalue weighted by Gasteiger charge is 2.24. The fourth-order valence-electron chi connectivity index (χ4n) is 2.11. The van der Waals surface area contributed by atoms with Gasteiger partial charge in [-0.25, -0.2) is 0 Å². The molecular formula is C13H26N2O2. The summed E-state index contributed by atoms with van der Waals surface area (Å²) in [6, 6.07) is -0.0362. The van der Waals surface area contributed by atoms with Crippen LogP contribution in [0.2, 0.25) is 0 Å². The highest BCUT2D eigenvalue weighted by Crippen LogP contribution is 2.18. The fraction of sp³-hybridized carbons (Fsp3) is 0.923. The predicted molar refractivity (Wildman–Crippen MR) is 68.8 cm³/mol. The highest BCUT2D eigenvalue weighted by molar-refractivity contribution is 5.76. The highest BCUT2D eigenvalue weighted by atomic mass is 16.3. The molecule has 1 amide bonds. The van der Waals surface area contributed by atoms with Gasteiger partial charge in [-0.2, -0.15) is 0 Å². The minimum atomic E-state index is -0.358. The molecule has 1 rings (SSSR count). The molecule has 0 aromatic carbocycles. The van der Waals surface area contributed by atoms with Crippen molar-refractivity contribution in [3.05, 3.63) is 0 Å². The summed E-state index contributed by atoms with van der Waals surface area (Å²) in [4.78, 5) is 11.7. The van der Waals surface area contributed by atoms with Gasteiger partial charge in [0, 0.05) is 18.5 Å². The first-order valence-corrected chi connectivity index (χ1v) is 6.61. The number of nitrogens with one attached hydrogen (secondary N) is 2.